The second-order valence-electron chi connectivity index (χ2n) is 3.81. The molecule has 0 bridgehead atoms. The van der Waals surface area contributed by atoms with Gasteiger partial charge in [-0.2, -0.15) is 0 Å². The van der Waals surface area contributed by atoms with Crippen molar-refractivity contribution in [2.24, 2.45) is 9.98 Å². The summed E-state index contributed by atoms with van der Waals surface area (Å²) in [6.45, 7) is 8.91. The largest absolute Gasteiger partial charge is 0.302 e. The Hall–Kier alpha value is -1.44. The predicted octanol–water partition coefficient (Wildman–Crippen LogP) is 2.70. The third-order valence-corrected chi connectivity index (χ3v) is 2.67. The third kappa shape index (κ3) is 6.00. The number of nitrogens with zero attached hydrogens (tertiary/aromatic N) is 3. The minimum absolute atomic E-state index is 0.662. The zero-order chi connectivity index (χ0) is 12.3. The summed E-state index contributed by atoms with van der Waals surface area (Å²) in [5.41, 5.74) is 1.19. The molecular weight excluding hydrogens is 210 g/mol. The molecule has 0 aromatic heterocycles. The van der Waals surface area contributed by atoms with E-state index in [9.17, 15) is 0 Å². The van der Waals surface area contributed by atoms with Crippen molar-refractivity contribution in [3.05, 3.63) is 35.9 Å². The minimum atomic E-state index is 0.662. The lowest BCUT2D eigenvalue weighted by atomic mass is 10.2. The molecule has 0 radical (unpaired) electrons. The first-order valence-corrected chi connectivity index (χ1v) is 6.21. The number of benzene rings is 1. The van der Waals surface area contributed by atoms with E-state index in [0.29, 0.717) is 6.54 Å². The molecule has 0 heterocycles. The van der Waals surface area contributed by atoms with Crippen LogP contribution in [-0.4, -0.2) is 37.1 Å². The van der Waals surface area contributed by atoms with Crippen LogP contribution in [0.5, 0.6) is 0 Å². The molecule has 0 aliphatic carbocycles. The zero-order valence-corrected chi connectivity index (χ0v) is 10.8. The monoisotopic (exact) mass is 231 g/mol. The number of aliphatic imine (C=N–C) groups is 2. The van der Waals surface area contributed by atoms with Gasteiger partial charge in [-0.25, -0.2) is 9.98 Å². The third-order valence-electron chi connectivity index (χ3n) is 2.67. The second kappa shape index (κ2) is 8.68. The Kier molecular flexibility index (Phi) is 6.96. The molecule has 0 saturated heterocycles. The highest BCUT2D eigenvalue weighted by molar-refractivity contribution is 5.41. The van der Waals surface area contributed by atoms with Gasteiger partial charge in [-0.05, 0) is 18.7 Å². The van der Waals surface area contributed by atoms with E-state index in [1.165, 1.54) is 5.56 Å². The summed E-state index contributed by atoms with van der Waals surface area (Å²) in [6, 6.07) is 12.9. The summed E-state index contributed by atoms with van der Waals surface area (Å²) in [5, 5.41) is 0. The summed E-state index contributed by atoms with van der Waals surface area (Å²) in [5.74, 6) is 0. The molecule has 0 N–H and O–H groups in total. The number of hydrogen-bond donors (Lipinski definition) is 0. The molecule has 1 aromatic carbocycles. The Morgan fingerprint density at radius 1 is 1.06 bits per heavy atom. The fourth-order valence-corrected chi connectivity index (χ4v) is 1.54. The van der Waals surface area contributed by atoms with E-state index in [0.717, 1.165) is 26.2 Å². The lowest BCUT2D eigenvalue weighted by Gasteiger charge is -2.15. The summed E-state index contributed by atoms with van der Waals surface area (Å²) in [6.07, 6.45) is 0. The lowest BCUT2D eigenvalue weighted by Crippen LogP contribution is -2.25. The van der Waals surface area contributed by atoms with Gasteiger partial charge >= 0.3 is 0 Å². The minimum Gasteiger partial charge on any atom is -0.302 e. The first-order chi connectivity index (χ1) is 8.36. The Labute approximate surface area is 104 Å². The standard InChI is InChI=1S/C14H21N3/c1-3-17(4-2)11-10-15-13-16-12-14-8-6-5-7-9-14/h5-9H,3-4,10-12H2,1-2H3. The van der Waals surface area contributed by atoms with E-state index >= 15 is 0 Å². The highest BCUT2D eigenvalue weighted by atomic mass is 15.1. The van der Waals surface area contributed by atoms with Gasteiger partial charge in [0.15, 0.2) is 0 Å². The summed E-state index contributed by atoms with van der Waals surface area (Å²) in [7, 11) is 0. The van der Waals surface area contributed by atoms with Crippen molar-refractivity contribution < 1.29 is 0 Å². The van der Waals surface area contributed by atoms with Crippen LogP contribution in [0.1, 0.15) is 19.4 Å². The molecule has 0 amide bonds. The summed E-state index contributed by atoms with van der Waals surface area (Å²) < 4.78 is 0. The van der Waals surface area contributed by atoms with Crippen LogP contribution in [0.3, 0.4) is 0 Å². The Morgan fingerprint density at radius 2 is 1.76 bits per heavy atom. The highest BCUT2D eigenvalue weighted by Gasteiger charge is 1.95. The van der Waals surface area contributed by atoms with E-state index in [-0.39, 0.29) is 0 Å². The molecule has 17 heavy (non-hydrogen) atoms. The molecule has 0 aliphatic rings. The highest BCUT2D eigenvalue weighted by Crippen LogP contribution is 1.98. The molecule has 0 aliphatic heterocycles. The van der Waals surface area contributed by atoms with Gasteiger partial charge in [-0.15, -0.1) is 0 Å². The Balaban J connectivity index is 2.25. The molecule has 0 spiro atoms. The summed E-state index contributed by atoms with van der Waals surface area (Å²) >= 11 is 0. The van der Waals surface area contributed by atoms with Gasteiger partial charge in [-0.1, -0.05) is 44.2 Å². The van der Waals surface area contributed by atoms with Gasteiger partial charge in [0.1, 0.15) is 0 Å². The SMILES string of the molecule is CCN(CC)CCN=C=NCc1ccccc1. The quantitative estimate of drug-likeness (QED) is 0.663. The maximum Gasteiger partial charge on any atom is 0.0896 e. The molecule has 1 rings (SSSR count). The van der Waals surface area contributed by atoms with Crippen LogP contribution >= 0.6 is 0 Å². The molecule has 3 nitrogen and oxygen atoms in total. The van der Waals surface area contributed by atoms with Crippen LogP contribution in [0.2, 0.25) is 0 Å². The van der Waals surface area contributed by atoms with Crippen molar-refractivity contribution in [1.29, 1.82) is 0 Å². The van der Waals surface area contributed by atoms with Crippen molar-refractivity contribution in [2.45, 2.75) is 20.4 Å². The molecule has 0 atom stereocenters. The van der Waals surface area contributed by atoms with E-state index in [4.69, 9.17) is 0 Å². The predicted molar refractivity (Wildman–Crippen MR) is 72.7 cm³/mol. The van der Waals surface area contributed by atoms with Gasteiger partial charge in [0.05, 0.1) is 19.1 Å². The van der Waals surface area contributed by atoms with Crippen LogP contribution in [0.4, 0.5) is 0 Å². The van der Waals surface area contributed by atoms with Gasteiger partial charge in [0.25, 0.3) is 0 Å². The van der Waals surface area contributed by atoms with Crippen LogP contribution in [0.15, 0.2) is 40.3 Å². The maximum atomic E-state index is 4.16. The van der Waals surface area contributed by atoms with Gasteiger partial charge in [-0.3, -0.25) is 0 Å². The van der Waals surface area contributed by atoms with E-state index in [1.54, 1.807) is 0 Å². The fraction of sp³-hybridized carbons (Fsp3) is 0.500. The molecule has 92 valence electrons. The topological polar surface area (TPSA) is 28.0 Å². The zero-order valence-electron chi connectivity index (χ0n) is 10.8. The first kappa shape index (κ1) is 13.6. The maximum absolute atomic E-state index is 4.16. The van der Waals surface area contributed by atoms with Crippen molar-refractivity contribution in [3.8, 4) is 0 Å². The first-order valence-electron chi connectivity index (χ1n) is 6.21. The van der Waals surface area contributed by atoms with Crippen LogP contribution < -0.4 is 0 Å². The van der Waals surface area contributed by atoms with Crippen LogP contribution in [-0.2, 0) is 6.54 Å². The van der Waals surface area contributed by atoms with Crippen molar-refractivity contribution in [3.63, 3.8) is 0 Å². The number of rotatable bonds is 7. The van der Waals surface area contributed by atoms with Gasteiger partial charge in [0.2, 0.25) is 0 Å². The second-order valence-corrected chi connectivity index (χ2v) is 3.81. The molecule has 3 heteroatoms. The average molecular weight is 231 g/mol. The smallest absolute Gasteiger partial charge is 0.0896 e. The molecule has 0 fully saturated rings. The Bertz CT molecular complexity index is 349. The van der Waals surface area contributed by atoms with Crippen molar-refractivity contribution in [2.75, 3.05) is 26.2 Å². The number of hydrogen-bond acceptors (Lipinski definition) is 3. The van der Waals surface area contributed by atoms with Gasteiger partial charge in [0, 0.05) is 6.54 Å². The molecule has 0 unspecified atom stereocenters. The molecule has 0 saturated carbocycles. The van der Waals surface area contributed by atoms with E-state index in [1.807, 2.05) is 18.2 Å². The molecular formula is C14H21N3. The normalized spacial score (nSPS) is 10.1. The summed E-state index contributed by atoms with van der Waals surface area (Å²) in [4.78, 5) is 10.7. The fourth-order valence-electron chi connectivity index (χ4n) is 1.54. The molecule has 1 aromatic rings. The Morgan fingerprint density at radius 3 is 2.41 bits per heavy atom. The lowest BCUT2D eigenvalue weighted by molar-refractivity contribution is 0.313. The van der Waals surface area contributed by atoms with Crippen molar-refractivity contribution >= 4 is 6.01 Å². The van der Waals surface area contributed by atoms with Crippen LogP contribution in [0.25, 0.3) is 0 Å². The average Bonchev–Trinajstić information content (AvgIpc) is 2.39. The van der Waals surface area contributed by atoms with E-state index < -0.39 is 0 Å². The van der Waals surface area contributed by atoms with Gasteiger partial charge < -0.3 is 4.90 Å². The van der Waals surface area contributed by atoms with Crippen molar-refractivity contribution in [1.82, 2.24) is 4.90 Å². The number of likely N-dealkylation sites (N-methyl/N-ethyl adjacent to an activating group) is 1. The van der Waals surface area contributed by atoms with Crippen LogP contribution in [0, 0.1) is 0 Å². The van der Waals surface area contributed by atoms with E-state index in [2.05, 4.69) is 46.9 Å².